The number of amides is 1. The molecule has 3 unspecified atom stereocenters. The number of carboxylic acid groups (broad SMARTS) is 1. The van der Waals surface area contributed by atoms with Gasteiger partial charge in [0.1, 0.15) is 0 Å². The van der Waals surface area contributed by atoms with Gasteiger partial charge in [0.15, 0.2) is 6.04 Å². The smallest absolute Gasteiger partial charge is 0.475 e. The maximum absolute atomic E-state index is 16.1. The van der Waals surface area contributed by atoms with E-state index in [0.717, 1.165) is 10.9 Å². The average molecular weight is 735 g/mol. The van der Waals surface area contributed by atoms with E-state index in [1.54, 1.807) is 6.07 Å². The van der Waals surface area contributed by atoms with Gasteiger partial charge in [0.2, 0.25) is 15.9 Å². The third-order valence-electron chi connectivity index (χ3n) is 8.19. The standard InChI is InChI=1S/C29H32BrF2N3O3S.C2HF3O2/c1-17(2)18-3-4-20-14-26(12-5-19(20)13-18)39(37,38)34-27(29(31,32)21-6-8-22(30)9-7-21)28(36)35-24-10-11-25(35)16-23(33)15-24;3-2(4,5)1(6)7/h3-9,12-14,17,23-25,27,34H,10-11,15-16,33H2,1-2H3;(H,6,7). The van der Waals surface area contributed by atoms with Crippen LogP contribution in [-0.4, -0.2) is 60.6 Å². The lowest BCUT2D eigenvalue weighted by atomic mass is 9.95. The first kappa shape index (κ1) is 35.7. The monoisotopic (exact) mass is 733 g/mol. The number of carboxylic acids is 1. The number of alkyl halides is 5. The molecule has 15 heteroatoms. The van der Waals surface area contributed by atoms with Crippen molar-refractivity contribution in [1.82, 2.24) is 9.62 Å². The molecule has 3 aromatic rings. The predicted octanol–water partition coefficient (Wildman–Crippen LogP) is 6.28. The molecule has 1 amide bonds. The van der Waals surface area contributed by atoms with Crippen molar-refractivity contribution >= 4 is 48.6 Å². The van der Waals surface area contributed by atoms with E-state index in [-0.39, 0.29) is 23.0 Å². The number of sulfonamides is 1. The third-order valence-corrected chi connectivity index (χ3v) is 10.1. The fraction of sp³-hybridized carbons (Fsp3) is 0.419. The number of nitrogens with zero attached hydrogens (tertiary/aromatic N) is 1. The van der Waals surface area contributed by atoms with Gasteiger partial charge in [-0.15, -0.1) is 0 Å². The highest BCUT2D eigenvalue weighted by atomic mass is 79.9. The summed E-state index contributed by atoms with van der Waals surface area (Å²) in [6, 6.07) is 12.5. The quantitative estimate of drug-likeness (QED) is 0.245. The van der Waals surface area contributed by atoms with Gasteiger partial charge in [0, 0.05) is 28.2 Å². The molecular weight excluding hydrogens is 701 g/mol. The van der Waals surface area contributed by atoms with Gasteiger partial charge in [-0.3, -0.25) is 4.79 Å². The van der Waals surface area contributed by atoms with Crippen LogP contribution in [0.1, 0.15) is 56.6 Å². The number of carbonyl (C=O) groups excluding carboxylic acids is 1. The van der Waals surface area contributed by atoms with Crippen LogP contribution in [0.5, 0.6) is 0 Å². The van der Waals surface area contributed by atoms with Crippen LogP contribution in [0, 0.1) is 0 Å². The SMILES string of the molecule is CC(C)c1ccc2cc(S(=O)(=O)NC(C(=O)N3C4CCC3CC(N)C4)C(F)(F)c3ccc(Br)cc3)ccc2c1.O=C(O)C(F)(F)F. The third kappa shape index (κ3) is 7.86. The Kier molecular flexibility index (Phi) is 10.5. The van der Waals surface area contributed by atoms with Gasteiger partial charge in [-0.2, -0.15) is 26.7 Å². The number of aliphatic carboxylic acids is 1. The van der Waals surface area contributed by atoms with Crippen LogP contribution in [0.4, 0.5) is 22.0 Å². The Balaban J connectivity index is 0.000000617. The first-order valence-electron chi connectivity index (χ1n) is 14.4. The fourth-order valence-corrected chi connectivity index (χ4v) is 7.33. The van der Waals surface area contributed by atoms with Gasteiger partial charge in [0.25, 0.3) is 5.92 Å². The first-order chi connectivity index (χ1) is 21.3. The van der Waals surface area contributed by atoms with Crippen molar-refractivity contribution in [2.75, 3.05) is 0 Å². The molecular formula is C31H33BrF5N3O5S. The molecule has 5 rings (SSSR count). The van der Waals surface area contributed by atoms with Crippen LogP contribution in [-0.2, 0) is 25.5 Å². The number of benzene rings is 3. The zero-order valence-corrected chi connectivity index (χ0v) is 27.2. The summed E-state index contributed by atoms with van der Waals surface area (Å²) in [5.74, 6) is -7.19. The largest absolute Gasteiger partial charge is 0.490 e. The molecule has 46 heavy (non-hydrogen) atoms. The summed E-state index contributed by atoms with van der Waals surface area (Å²) < 4.78 is 93.8. The molecule has 0 aliphatic carbocycles. The molecule has 4 N–H and O–H groups in total. The van der Waals surface area contributed by atoms with Crippen LogP contribution >= 0.6 is 15.9 Å². The van der Waals surface area contributed by atoms with Crippen molar-refractivity contribution < 1.29 is 45.1 Å². The summed E-state index contributed by atoms with van der Waals surface area (Å²) in [6.07, 6.45) is -2.74. The molecule has 0 radical (unpaired) electrons. The van der Waals surface area contributed by atoms with Crippen molar-refractivity contribution in [2.24, 2.45) is 5.73 Å². The summed E-state index contributed by atoms with van der Waals surface area (Å²) >= 11 is 3.24. The second-order valence-electron chi connectivity index (χ2n) is 11.8. The predicted molar refractivity (Wildman–Crippen MR) is 165 cm³/mol. The van der Waals surface area contributed by atoms with E-state index in [0.29, 0.717) is 41.5 Å². The first-order valence-corrected chi connectivity index (χ1v) is 16.7. The summed E-state index contributed by atoms with van der Waals surface area (Å²) in [6.45, 7) is 4.13. The topological polar surface area (TPSA) is 130 Å². The van der Waals surface area contributed by atoms with Crippen LogP contribution < -0.4 is 10.5 Å². The van der Waals surface area contributed by atoms with E-state index in [1.165, 1.54) is 41.3 Å². The summed E-state index contributed by atoms with van der Waals surface area (Å²) in [4.78, 5) is 24.0. The molecule has 2 fully saturated rings. The minimum atomic E-state index is -5.08. The number of nitrogens with one attached hydrogen (secondary N) is 1. The van der Waals surface area contributed by atoms with Crippen molar-refractivity contribution in [3.05, 3.63) is 76.3 Å². The van der Waals surface area contributed by atoms with E-state index in [9.17, 15) is 26.4 Å². The van der Waals surface area contributed by atoms with E-state index >= 15 is 8.78 Å². The Hall–Kier alpha value is -3.14. The van der Waals surface area contributed by atoms with Gasteiger partial charge in [-0.1, -0.05) is 66.2 Å². The zero-order chi connectivity index (χ0) is 34.2. The van der Waals surface area contributed by atoms with E-state index < -0.39 is 45.6 Å². The Bertz CT molecular complexity index is 1690. The van der Waals surface area contributed by atoms with Gasteiger partial charge < -0.3 is 15.7 Å². The van der Waals surface area contributed by atoms with Crippen LogP contribution in [0.15, 0.2) is 70.0 Å². The molecule has 3 atom stereocenters. The number of hydrogen-bond donors (Lipinski definition) is 3. The Morgan fingerprint density at radius 1 is 0.935 bits per heavy atom. The van der Waals surface area contributed by atoms with Crippen LogP contribution in [0.2, 0.25) is 0 Å². The fourth-order valence-electron chi connectivity index (χ4n) is 5.84. The number of nitrogens with two attached hydrogens (primary N) is 1. The van der Waals surface area contributed by atoms with Gasteiger partial charge in [-0.25, -0.2) is 13.2 Å². The number of piperidine rings is 1. The number of hydrogen-bond acceptors (Lipinski definition) is 5. The van der Waals surface area contributed by atoms with Crippen LogP contribution in [0.25, 0.3) is 10.8 Å². The second kappa shape index (κ2) is 13.5. The van der Waals surface area contributed by atoms with Gasteiger partial charge >= 0.3 is 12.1 Å². The maximum Gasteiger partial charge on any atom is 0.490 e. The minimum Gasteiger partial charge on any atom is -0.475 e. The molecule has 0 aromatic heterocycles. The van der Waals surface area contributed by atoms with Crippen LogP contribution in [0.3, 0.4) is 0 Å². The lowest BCUT2D eigenvalue weighted by Gasteiger charge is -2.41. The number of fused-ring (bicyclic) bond motifs is 3. The Morgan fingerprint density at radius 3 is 1.98 bits per heavy atom. The van der Waals surface area contributed by atoms with Crippen molar-refractivity contribution in [3.8, 4) is 0 Å². The molecule has 2 aliphatic heterocycles. The highest BCUT2D eigenvalue weighted by Crippen LogP contribution is 2.40. The van der Waals surface area contributed by atoms with Crippen molar-refractivity contribution in [1.29, 1.82) is 0 Å². The van der Waals surface area contributed by atoms with E-state index in [4.69, 9.17) is 15.6 Å². The molecule has 0 spiro atoms. The summed E-state index contributed by atoms with van der Waals surface area (Å²) in [5.41, 5.74) is 6.78. The van der Waals surface area contributed by atoms with Gasteiger partial charge in [0.05, 0.1) is 4.90 Å². The minimum absolute atomic E-state index is 0.109. The maximum atomic E-state index is 16.1. The van der Waals surface area contributed by atoms with Gasteiger partial charge in [-0.05, 0) is 72.2 Å². The number of halogens is 6. The lowest BCUT2D eigenvalue weighted by molar-refractivity contribution is -0.192. The molecule has 8 nitrogen and oxygen atoms in total. The molecule has 2 heterocycles. The van der Waals surface area contributed by atoms with Crippen molar-refractivity contribution in [3.63, 3.8) is 0 Å². The lowest BCUT2D eigenvalue weighted by Crippen LogP contribution is -2.60. The highest BCUT2D eigenvalue weighted by molar-refractivity contribution is 9.10. The summed E-state index contributed by atoms with van der Waals surface area (Å²) in [7, 11) is -4.50. The Morgan fingerprint density at radius 2 is 1.46 bits per heavy atom. The molecule has 0 saturated carbocycles. The zero-order valence-electron chi connectivity index (χ0n) is 24.8. The number of rotatable bonds is 7. The van der Waals surface area contributed by atoms with Crippen molar-refractivity contribution in [2.45, 2.75) is 86.6 Å². The summed E-state index contributed by atoms with van der Waals surface area (Å²) in [5, 5.41) is 8.63. The number of carbonyl (C=O) groups is 2. The molecule has 250 valence electrons. The molecule has 2 aliphatic rings. The normalized spacial score (nSPS) is 20.7. The van der Waals surface area contributed by atoms with E-state index in [1.807, 2.05) is 18.2 Å². The van der Waals surface area contributed by atoms with E-state index in [2.05, 4.69) is 34.5 Å². The molecule has 2 bridgehead atoms. The average Bonchev–Trinajstić information content (AvgIpc) is 3.25. The Labute approximate surface area is 271 Å². The molecule has 3 aromatic carbocycles. The second-order valence-corrected chi connectivity index (χ2v) is 14.4. The highest BCUT2D eigenvalue weighted by Gasteiger charge is 2.53. The molecule has 2 saturated heterocycles.